The number of nitrogens with zero attached hydrogens (tertiary/aromatic N) is 12. The van der Waals surface area contributed by atoms with Crippen molar-refractivity contribution in [2.75, 3.05) is 0 Å². The number of hydrogen-bond donors (Lipinski definition) is 2. The minimum atomic E-state index is -1.05. The third-order valence-electron chi connectivity index (χ3n) is 17.7. The van der Waals surface area contributed by atoms with Gasteiger partial charge >= 0.3 is 11.9 Å². The zero-order chi connectivity index (χ0) is 55.5. The highest BCUT2D eigenvalue weighted by Crippen LogP contribution is 2.46. The first-order valence-corrected chi connectivity index (χ1v) is 28.3. The molecule has 2 atom stereocenters. The maximum absolute atomic E-state index is 12.6. The van der Waals surface area contributed by atoms with E-state index in [1.54, 1.807) is 9.36 Å². The van der Waals surface area contributed by atoms with Crippen LogP contribution in [0, 0.1) is 50.4 Å². The third kappa shape index (κ3) is 11.7. The number of carboxylic acid groups (broad SMARTS) is 2. The molecule has 2 aliphatic rings. The molecule has 0 saturated heterocycles. The predicted octanol–water partition coefficient (Wildman–Crippen LogP) is 12.0. The lowest BCUT2D eigenvalue weighted by atomic mass is 9.69. The van der Waals surface area contributed by atoms with Gasteiger partial charge in [0.25, 0.3) is 0 Å². The predicted molar refractivity (Wildman–Crippen MR) is 303 cm³/mol. The number of aryl methyl sites for hydroxylation is 6. The molecule has 10 rings (SSSR count). The van der Waals surface area contributed by atoms with Gasteiger partial charge in [-0.1, -0.05) is 121 Å². The molecule has 0 bridgehead atoms. The minimum absolute atomic E-state index is 0.366. The fraction of sp³-hybridized carbons (Fsp3) is 0.516. The molecule has 0 unspecified atom stereocenters. The van der Waals surface area contributed by atoms with Crippen LogP contribution in [0.2, 0.25) is 0 Å². The average molecular weight is 1060 g/mol. The highest BCUT2D eigenvalue weighted by Gasteiger charge is 2.42. The Kier molecular flexibility index (Phi) is 16.7. The second-order valence-corrected chi connectivity index (χ2v) is 23.9. The van der Waals surface area contributed by atoms with Gasteiger partial charge in [0.2, 0.25) is 0 Å². The molecule has 4 aromatic carbocycles. The fourth-order valence-corrected chi connectivity index (χ4v) is 12.6. The molecule has 16 heteroatoms. The molecule has 8 aromatic rings. The SMILES string of the molecule is Cc1ccc([C@@H](c2ccc3c(nnn3C)c2C)C(C)(C)C(=O)O)cc1Cc1cnnn1CC1CCCCCC1.Cc1ccc([C@H](c2ccc3c(nnn3C)c2C)C(C)(C)C(=O)O)cc1Cc1cnnn1CC1CCCCCC1. The second kappa shape index (κ2) is 23.5. The van der Waals surface area contributed by atoms with Crippen LogP contribution in [-0.4, -0.2) is 82.1 Å². The third-order valence-corrected chi connectivity index (χ3v) is 17.7. The van der Waals surface area contributed by atoms with E-state index >= 15 is 0 Å². The Morgan fingerprint density at radius 3 is 1.27 bits per heavy atom. The molecular weight excluding hydrogens is 977 g/mol. The Labute approximate surface area is 459 Å². The molecule has 2 fully saturated rings. The van der Waals surface area contributed by atoms with Crippen LogP contribution in [0.4, 0.5) is 0 Å². The largest absolute Gasteiger partial charge is 0.481 e. The van der Waals surface area contributed by atoms with Crippen LogP contribution in [0.1, 0.15) is 184 Å². The van der Waals surface area contributed by atoms with Crippen molar-refractivity contribution in [3.8, 4) is 0 Å². The Balaban J connectivity index is 0.000000190. The summed E-state index contributed by atoms with van der Waals surface area (Å²) in [6.45, 7) is 17.3. The Hall–Kier alpha value is -7.10. The number of carbonyl (C=O) groups is 2. The van der Waals surface area contributed by atoms with Crippen molar-refractivity contribution in [2.45, 2.75) is 170 Å². The highest BCUT2D eigenvalue weighted by molar-refractivity contribution is 5.83. The molecule has 0 aliphatic heterocycles. The molecule has 4 heterocycles. The smallest absolute Gasteiger partial charge is 0.310 e. The van der Waals surface area contributed by atoms with Crippen LogP contribution < -0.4 is 0 Å². The van der Waals surface area contributed by atoms with Crippen molar-refractivity contribution in [1.29, 1.82) is 0 Å². The second-order valence-electron chi connectivity index (χ2n) is 23.9. The van der Waals surface area contributed by atoms with Gasteiger partial charge in [-0.3, -0.25) is 9.59 Å². The molecule has 0 spiro atoms. The molecule has 0 radical (unpaired) electrons. The van der Waals surface area contributed by atoms with Crippen molar-refractivity contribution in [3.05, 3.63) is 140 Å². The van der Waals surface area contributed by atoms with E-state index in [0.717, 1.165) is 79.9 Å². The monoisotopic (exact) mass is 1060 g/mol. The first-order chi connectivity index (χ1) is 37.3. The van der Waals surface area contributed by atoms with Gasteiger partial charge in [-0.25, -0.2) is 18.7 Å². The fourth-order valence-electron chi connectivity index (χ4n) is 12.6. The normalized spacial score (nSPS) is 15.9. The first-order valence-electron chi connectivity index (χ1n) is 28.3. The molecule has 78 heavy (non-hydrogen) atoms. The maximum atomic E-state index is 12.6. The topological polar surface area (TPSA) is 197 Å². The summed E-state index contributed by atoms with van der Waals surface area (Å²) >= 11 is 0. The van der Waals surface area contributed by atoms with Gasteiger partial charge in [-0.2, -0.15) is 0 Å². The van der Waals surface area contributed by atoms with Gasteiger partial charge in [0.05, 0.1) is 45.6 Å². The van der Waals surface area contributed by atoms with Crippen molar-refractivity contribution >= 4 is 34.0 Å². The number of fused-ring (bicyclic) bond motifs is 2. The number of rotatable bonds is 16. The molecule has 412 valence electrons. The minimum Gasteiger partial charge on any atom is -0.481 e. The highest BCUT2D eigenvalue weighted by atomic mass is 16.4. The van der Waals surface area contributed by atoms with E-state index in [-0.39, 0.29) is 11.8 Å². The number of benzene rings is 4. The molecular formula is C62H80N12O4. The summed E-state index contributed by atoms with van der Waals surface area (Å²) in [4.78, 5) is 25.2. The zero-order valence-corrected chi connectivity index (χ0v) is 47.6. The van der Waals surface area contributed by atoms with Gasteiger partial charge < -0.3 is 10.2 Å². The number of aliphatic carboxylic acids is 2. The molecule has 4 aromatic heterocycles. The van der Waals surface area contributed by atoms with E-state index in [1.807, 2.05) is 92.3 Å². The van der Waals surface area contributed by atoms with E-state index in [2.05, 4.69) is 101 Å². The molecule has 2 saturated carbocycles. The molecule has 2 N–H and O–H groups in total. The van der Waals surface area contributed by atoms with Gasteiger partial charge in [0, 0.05) is 51.9 Å². The number of carboxylic acids is 2. The number of hydrogen-bond acceptors (Lipinski definition) is 10. The van der Waals surface area contributed by atoms with Gasteiger partial charge in [-0.15, -0.1) is 20.4 Å². The Morgan fingerprint density at radius 2 is 0.910 bits per heavy atom. The summed E-state index contributed by atoms with van der Waals surface area (Å²) in [6.07, 6.45) is 20.8. The van der Waals surface area contributed by atoms with Crippen molar-refractivity contribution in [2.24, 2.45) is 36.8 Å². The van der Waals surface area contributed by atoms with Gasteiger partial charge in [-0.05, 0) is 161 Å². The lowest BCUT2D eigenvalue weighted by Crippen LogP contribution is -2.32. The summed E-state index contributed by atoms with van der Waals surface area (Å²) in [5.74, 6) is -1.09. The summed E-state index contributed by atoms with van der Waals surface area (Å²) < 4.78 is 7.68. The van der Waals surface area contributed by atoms with E-state index in [9.17, 15) is 19.8 Å². The quantitative estimate of drug-likeness (QED) is 0.0870. The van der Waals surface area contributed by atoms with E-state index in [0.29, 0.717) is 24.7 Å². The summed E-state index contributed by atoms with van der Waals surface area (Å²) in [7, 11) is 3.74. The maximum Gasteiger partial charge on any atom is 0.310 e. The summed E-state index contributed by atoms with van der Waals surface area (Å²) in [5.41, 5.74) is 14.1. The number of aromatic nitrogens is 12. The molecule has 0 amide bonds. The molecule has 16 nitrogen and oxygen atoms in total. The van der Waals surface area contributed by atoms with Crippen LogP contribution in [0.15, 0.2) is 73.1 Å². The van der Waals surface area contributed by atoms with Crippen LogP contribution >= 0.6 is 0 Å². The summed E-state index contributed by atoms with van der Waals surface area (Å²) in [6, 6.07) is 20.8. The van der Waals surface area contributed by atoms with Crippen LogP contribution in [0.5, 0.6) is 0 Å². The van der Waals surface area contributed by atoms with E-state index in [4.69, 9.17) is 0 Å². The van der Waals surface area contributed by atoms with E-state index in [1.165, 1.54) is 99.3 Å². The van der Waals surface area contributed by atoms with Crippen LogP contribution in [0.3, 0.4) is 0 Å². The first kappa shape index (κ1) is 55.6. The Morgan fingerprint density at radius 1 is 0.538 bits per heavy atom. The molecule has 2 aliphatic carbocycles. The lowest BCUT2D eigenvalue weighted by Gasteiger charge is -2.33. The van der Waals surface area contributed by atoms with E-state index < -0.39 is 22.8 Å². The van der Waals surface area contributed by atoms with Crippen LogP contribution in [-0.2, 0) is 49.6 Å². The van der Waals surface area contributed by atoms with Crippen molar-refractivity contribution < 1.29 is 19.8 Å². The summed E-state index contributed by atoms with van der Waals surface area (Å²) in [5, 5.41) is 55.2. The van der Waals surface area contributed by atoms with Crippen molar-refractivity contribution in [3.63, 3.8) is 0 Å². The zero-order valence-electron chi connectivity index (χ0n) is 47.6. The average Bonchev–Trinajstić information content (AvgIpc) is 4.28. The van der Waals surface area contributed by atoms with Gasteiger partial charge in [0.15, 0.2) is 0 Å². The lowest BCUT2D eigenvalue weighted by molar-refractivity contribution is -0.148. The Bertz CT molecular complexity index is 3180. The van der Waals surface area contributed by atoms with Gasteiger partial charge in [0.1, 0.15) is 11.0 Å². The van der Waals surface area contributed by atoms with Crippen molar-refractivity contribution in [1.82, 2.24) is 60.0 Å². The van der Waals surface area contributed by atoms with Crippen LogP contribution in [0.25, 0.3) is 22.1 Å². The standard InChI is InChI=1S/2C31H40N6O2/c2*1-20-12-13-23(16-24(20)17-25-18-32-34-37(25)19-22-10-8-6-7-9-11-22)28(31(3,4)30(38)39)26-14-15-27-29(21(26)2)33-35-36(27)5/h2*12-16,18,22,28H,6-11,17,19H2,1-5H3,(H,38,39)/t2*28-/m10/s1.